The third kappa shape index (κ3) is 6.32. The zero-order valence-corrected chi connectivity index (χ0v) is 9.12. The summed E-state index contributed by atoms with van der Waals surface area (Å²) in [4.78, 5) is 0. The van der Waals surface area contributed by atoms with Crippen molar-refractivity contribution in [2.75, 3.05) is 19.6 Å². The molecule has 0 rings (SSSR count). The van der Waals surface area contributed by atoms with E-state index >= 15 is 0 Å². The Balaban J connectivity index is 3.81. The van der Waals surface area contributed by atoms with E-state index in [1.165, 1.54) is 0 Å². The minimum absolute atomic E-state index is 0.220. The lowest BCUT2D eigenvalue weighted by molar-refractivity contribution is 0.344. The molecule has 4 nitrogen and oxygen atoms in total. The topological polar surface area (TPSA) is 104 Å². The van der Waals surface area contributed by atoms with E-state index in [0.717, 1.165) is 45.2 Å². The van der Waals surface area contributed by atoms with Crippen LogP contribution in [0.2, 0.25) is 0 Å². The van der Waals surface area contributed by atoms with Crippen LogP contribution < -0.4 is 22.9 Å². The largest absolute Gasteiger partial charge is 0.330 e. The number of nitrogens with two attached hydrogens (primary N) is 4. The fourth-order valence-electron chi connectivity index (χ4n) is 1.76. The molecule has 14 heavy (non-hydrogen) atoms. The first kappa shape index (κ1) is 13.8. The molecule has 0 aliphatic heterocycles. The van der Waals surface area contributed by atoms with Crippen LogP contribution in [0.25, 0.3) is 0 Å². The first-order valence-electron chi connectivity index (χ1n) is 5.62. The van der Waals surface area contributed by atoms with Gasteiger partial charge in [-0.3, -0.25) is 0 Å². The molecule has 0 spiro atoms. The molecule has 0 saturated carbocycles. The molecular weight excluding hydrogens is 176 g/mol. The summed E-state index contributed by atoms with van der Waals surface area (Å²) in [5.41, 5.74) is 22.5. The lowest BCUT2D eigenvalue weighted by atomic mass is 9.88. The van der Waals surface area contributed by atoms with E-state index in [4.69, 9.17) is 22.9 Å². The molecule has 0 saturated heterocycles. The summed E-state index contributed by atoms with van der Waals surface area (Å²) < 4.78 is 0. The highest BCUT2D eigenvalue weighted by Crippen LogP contribution is 2.17. The molecule has 0 aliphatic carbocycles. The van der Waals surface area contributed by atoms with Crippen molar-refractivity contribution >= 4 is 0 Å². The molecule has 0 amide bonds. The Morgan fingerprint density at radius 1 is 0.714 bits per heavy atom. The van der Waals surface area contributed by atoms with Gasteiger partial charge in [0.25, 0.3) is 0 Å². The molecule has 1 unspecified atom stereocenters. The predicted octanol–water partition coefficient (Wildman–Crippen LogP) is -0.243. The van der Waals surface area contributed by atoms with Gasteiger partial charge in [0.1, 0.15) is 0 Å². The van der Waals surface area contributed by atoms with Crippen molar-refractivity contribution in [3.63, 3.8) is 0 Å². The van der Waals surface area contributed by atoms with Crippen molar-refractivity contribution < 1.29 is 0 Å². The van der Waals surface area contributed by atoms with Gasteiger partial charge in [-0.2, -0.15) is 0 Å². The summed E-state index contributed by atoms with van der Waals surface area (Å²) >= 11 is 0. The maximum atomic E-state index is 6.05. The normalized spacial score (nSPS) is 13.5. The van der Waals surface area contributed by atoms with Crippen molar-refractivity contribution in [1.82, 2.24) is 0 Å². The molecule has 0 radical (unpaired) electrons. The molecule has 4 heteroatoms. The SMILES string of the molecule is NCCCC(CCCN)C(N)CCN. The van der Waals surface area contributed by atoms with Gasteiger partial charge in [0.05, 0.1) is 0 Å². The molecule has 8 N–H and O–H groups in total. The van der Waals surface area contributed by atoms with E-state index < -0.39 is 0 Å². The van der Waals surface area contributed by atoms with Gasteiger partial charge in [-0.1, -0.05) is 0 Å². The van der Waals surface area contributed by atoms with Gasteiger partial charge in [0.2, 0.25) is 0 Å². The third-order valence-electron chi connectivity index (χ3n) is 2.66. The van der Waals surface area contributed by atoms with Crippen molar-refractivity contribution in [3.8, 4) is 0 Å². The maximum Gasteiger partial charge on any atom is 0.00791 e. The summed E-state index contributed by atoms with van der Waals surface area (Å²) in [7, 11) is 0. The van der Waals surface area contributed by atoms with Gasteiger partial charge in [0, 0.05) is 6.04 Å². The molecule has 0 aromatic heterocycles. The highest BCUT2D eigenvalue weighted by Gasteiger charge is 2.15. The lowest BCUT2D eigenvalue weighted by Gasteiger charge is -2.23. The van der Waals surface area contributed by atoms with Gasteiger partial charge in [0.15, 0.2) is 0 Å². The fourth-order valence-corrected chi connectivity index (χ4v) is 1.76. The Bertz CT molecular complexity index is 111. The molecule has 0 fully saturated rings. The molecule has 0 aromatic rings. The lowest BCUT2D eigenvalue weighted by Crippen LogP contribution is -2.33. The smallest absolute Gasteiger partial charge is 0.00791 e. The summed E-state index contributed by atoms with van der Waals surface area (Å²) in [6.07, 6.45) is 5.22. The van der Waals surface area contributed by atoms with Crippen LogP contribution in [-0.4, -0.2) is 25.7 Å². The van der Waals surface area contributed by atoms with E-state index in [0.29, 0.717) is 12.5 Å². The Hall–Kier alpha value is -0.160. The molecule has 0 bridgehead atoms. The quantitative estimate of drug-likeness (QED) is 0.414. The third-order valence-corrected chi connectivity index (χ3v) is 2.66. The monoisotopic (exact) mass is 202 g/mol. The van der Waals surface area contributed by atoms with Crippen LogP contribution in [-0.2, 0) is 0 Å². The average molecular weight is 202 g/mol. The van der Waals surface area contributed by atoms with Crippen LogP contribution in [0.3, 0.4) is 0 Å². The van der Waals surface area contributed by atoms with Gasteiger partial charge in [-0.25, -0.2) is 0 Å². The van der Waals surface area contributed by atoms with Crippen LogP contribution >= 0.6 is 0 Å². The summed E-state index contributed by atoms with van der Waals surface area (Å²) in [6.45, 7) is 2.16. The molecule has 0 heterocycles. The van der Waals surface area contributed by atoms with Crippen molar-refractivity contribution in [1.29, 1.82) is 0 Å². The Morgan fingerprint density at radius 3 is 1.57 bits per heavy atom. The minimum Gasteiger partial charge on any atom is -0.330 e. The Kier molecular flexibility index (Phi) is 9.29. The van der Waals surface area contributed by atoms with Gasteiger partial charge in [-0.15, -0.1) is 0 Å². The van der Waals surface area contributed by atoms with Crippen LogP contribution in [0.5, 0.6) is 0 Å². The standard InChI is InChI=1S/C10H26N4/c11-6-1-3-9(4-2-7-12)10(14)5-8-13/h9-10H,1-8,11-14H2. The second-order valence-corrected chi connectivity index (χ2v) is 3.86. The predicted molar refractivity (Wildman–Crippen MR) is 61.7 cm³/mol. The van der Waals surface area contributed by atoms with Crippen LogP contribution in [0.4, 0.5) is 0 Å². The van der Waals surface area contributed by atoms with Crippen molar-refractivity contribution in [3.05, 3.63) is 0 Å². The second-order valence-electron chi connectivity index (χ2n) is 3.86. The Labute approximate surface area is 87.4 Å². The highest BCUT2D eigenvalue weighted by molar-refractivity contribution is 4.73. The first-order valence-corrected chi connectivity index (χ1v) is 5.62. The second kappa shape index (κ2) is 9.40. The number of hydrogen-bond donors (Lipinski definition) is 4. The minimum atomic E-state index is 0.220. The zero-order valence-electron chi connectivity index (χ0n) is 9.12. The summed E-state index contributed by atoms with van der Waals surface area (Å²) in [5.74, 6) is 0.547. The van der Waals surface area contributed by atoms with Crippen LogP contribution in [0.15, 0.2) is 0 Å². The zero-order chi connectivity index (χ0) is 10.8. The van der Waals surface area contributed by atoms with Gasteiger partial charge in [-0.05, 0) is 57.7 Å². The molecule has 86 valence electrons. The number of hydrogen-bond acceptors (Lipinski definition) is 4. The van der Waals surface area contributed by atoms with E-state index in [-0.39, 0.29) is 6.04 Å². The van der Waals surface area contributed by atoms with Gasteiger partial charge < -0.3 is 22.9 Å². The molecule has 0 aromatic carbocycles. The van der Waals surface area contributed by atoms with Crippen LogP contribution in [0, 0.1) is 5.92 Å². The molecule has 1 atom stereocenters. The van der Waals surface area contributed by atoms with Gasteiger partial charge >= 0.3 is 0 Å². The first-order chi connectivity index (χ1) is 6.76. The van der Waals surface area contributed by atoms with Crippen molar-refractivity contribution in [2.24, 2.45) is 28.9 Å². The highest BCUT2D eigenvalue weighted by atomic mass is 14.7. The van der Waals surface area contributed by atoms with E-state index in [1.807, 2.05) is 0 Å². The van der Waals surface area contributed by atoms with Crippen molar-refractivity contribution in [2.45, 2.75) is 38.1 Å². The summed E-state index contributed by atoms with van der Waals surface area (Å²) in [5, 5.41) is 0. The fraction of sp³-hybridized carbons (Fsp3) is 1.00. The van der Waals surface area contributed by atoms with Crippen LogP contribution in [0.1, 0.15) is 32.1 Å². The van der Waals surface area contributed by atoms with E-state index in [2.05, 4.69) is 0 Å². The van der Waals surface area contributed by atoms with E-state index in [9.17, 15) is 0 Å². The summed E-state index contributed by atoms with van der Waals surface area (Å²) in [6, 6.07) is 0.220. The Morgan fingerprint density at radius 2 is 1.21 bits per heavy atom. The van der Waals surface area contributed by atoms with E-state index in [1.54, 1.807) is 0 Å². The molecule has 0 aliphatic rings. The maximum absolute atomic E-state index is 6.05. The molecular formula is C10H26N4. The number of rotatable bonds is 9. The average Bonchev–Trinajstić information content (AvgIpc) is 2.18.